The minimum absolute atomic E-state index is 0.00594. The highest BCUT2D eigenvalue weighted by atomic mass is 32.2. The summed E-state index contributed by atoms with van der Waals surface area (Å²) in [6, 6.07) is -0.161. The SMILES string of the molecule is NC(CCCCNC(=O)CCCCCNC(=O)CCCCC1SC[C@@H]2NC(O)N[C@H]12)C(=O)O. The van der Waals surface area contributed by atoms with E-state index in [-0.39, 0.29) is 11.8 Å². The van der Waals surface area contributed by atoms with E-state index in [1.54, 1.807) is 0 Å². The van der Waals surface area contributed by atoms with Crippen molar-refractivity contribution >= 4 is 29.5 Å². The maximum atomic E-state index is 12.0. The van der Waals surface area contributed by atoms with Crippen LogP contribution in [0.3, 0.4) is 0 Å². The quantitative estimate of drug-likeness (QED) is 0.142. The van der Waals surface area contributed by atoms with Crippen molar-refractivity contribution in [2.75, 3.05) is 18.8 Å². The van der Waals surface area contributed by atoms with Crippen molar-refractivity contribution in [2.24, 2.45) is 5.73 Å². The van der Waals surface area contributed by atoms with Gasteiger partial charge in [-0.05, 0) is 44.9 Å². The van der Waals surface area contributed by atoms with Crippen LogP contribution in [0.4, 0.5) is 0 Å². The maximum Gasteiger partial charge on any atom is 0.320 e. The molecule has 2 fully saturated rings. The first kappa shape index (κ1) is 27.8. The van der Waals surface area contributed by atoms with Crippen LogP contribution in [0.5, 0.6) is 0 Å². The molecule has 5 atom stereocenters. The highest BCUT2D eigenvalue weighted by molar-refractivity contribution is 8.00. The van der Waals surface area contributed by atoms with Crippen LogP contribution in [0.1, 0.15) is 70.6 Å². The molecule has 8 N–H and O–H groups in total. The Hall–Kier alpha value is -1.40. The Bertz CT molecular complexity index is 626. The van der Waals surface area contributed by atoms with Gasteiger partial charge in [0, 0.05) is 49.0 Å². The van der Waals surface area contributed by atoms with E-state index in [0.29, 0.717) is 56.1 Å². The Morgan fingerprint density at radius 2 is 1.58 bits per heavy atom. The summed E-state index contributed by atoms with van der Waals surface area (Å²) in [7, 11) is 0. The van der Waals surface area contributed by atoms with Gasteiger partial charge in [-0.1, -0.05) is 12.8 Å². The Balaban J connectivity index is 1.35. The van der Waals surface area contributed by atoms with Crippen LogP contribution < -0.4 is 27.0 Å². The summed E-state index contributed by atoms with van der Waals surface area (Å²) in [5.41, 5.74) is 5.43. The number of carbonyl (C=O) groups is 3. The molecule has 0 aromatic heterocycles. The average Bonchev–Trinajstić information content (AvgIpc) is 3.32. The first-order chi connectivity index (χ1) is 15.9. The number of thioether (sulfide) groups is 1. The van der Waals surface area contributed by atoms with Gasteiger partial charge in [0.2, 0.25) is 11.8 Å². The zero-order valence-corrected chi connectivity index (χ0v) is 20.2. The van der Waals surface area contributed by atoms with Crippen molar-refractivity contribution in [2.45, 2.75) is 100 Å². The van der Waals surface area contributed by atoms with E-state index in [4.69, 9.17) is 10.8 Å². The van der Waals surface area contributed by atoms with Crippen LogP contribution in [-0.4, -0.2) is 76.6 Å². The Morgan fingerprint density at radius 3 is 2.24 bits per heavy atom. The van der Waals surface area contributed by atoms with Crippen LogP contribution in [0.25, 0.3) is 0 Å². The molecular weight excluding hydrogens is 446 g/mol. The molecule has 0 aromatic rings. The fourth-order valence-electron chi connectivity index (χ4n) is 4.23. The molecule has 3 unspecified atom stereocenters. The van der Waals surface area contributed by atoms with Gasteiger partial charge in [-0.3, -0.25) is 25.0 Å². The van der Waals surface area contributed by atoms with E-state index < -0.39 is 18.4 Å². The van der Waals surface area contributed by atoms with E-state index in [0.717, 1.165) is 50.7 Å². The largest absolute Gasteiger partial charge is 0.480 e. The monoisotopic (exact) mass is 487 g/mol. The lowest BCUT2D eigenvalue weighted by molar-refractivity contribution is -0.138. The summed E-state index contributed by atoms with van der Waals surface area (Å²) in [5, 5.41) is 30.9. The molecule has 0 spiro atoms. The van der Waals surface area contributed by atoms with Gasteiger partial charge in [0.1, 0.15) is 6.04 Å². The van der Waals surface area contributed by atoms with Gasteiger partial charge < -0.3 is 26.6 Å². The second kappa shape index (κ2) is 15.5. The number of carboxylic acids is 1. The number of aliphatic hydroxyl groups is 1. The third-order valence-corrected chi connectivity index (χ3v) is 7.68. The summed E-state index contributed by atoms with van der Waals surface area (Å²) in [4.78, 5) is 34.4. The van der Waals surface area contributed by atoms with Crippen LogP contribution in [0.2, 0.25) is 0 Å². The van der Waals surface area contributed by atoms with Crippen LogP contribution in [-0.2, 0) is 14.4 Å². The van der Waals surface area contributed by atoms with E-state index in [1.807, 2.05) is 11.8 Å². The molecule has 0 radical (unpaired) electrons. The first-order valence-corrected chi connectivity index (χ1v) is 13.2. The Kier molecular flexibility index (Phi) is 13.1. The number of aliphatic carboxylic acids is 1. The highest BCUT2D eigenvalue weighted by Crippen LogP contribution is 2.33. The normalized spacial score (nSPS) is 24.9. The van der Waals surface area contributed by atoms with Gasteiger partial charge in [-0.25, -0.2) is 0 Å². The molecule has 2 amide bonds. The maximum absolute atomic E-state index is 12.0. The van der Waals surface area contributed by atoms with Crippen LogP contribution in [0.15, 0.2) is 0 Å². The smallest absolute Gasteiger partial charge is 0.320 e. The minimum Gasteiger partial charge on any atom is -0.480 e. The highest BCUT2D eigenvalue weighted by Gasteiger charge is 2.42. The van der Waals surface area contributed by atoms with Gasteiger partial charge in [-0.2, -0.15) is 11.8 Å². The summed E-state index contributed by atoms with van der Waals surface area (Å²) in [6.45, 7) is 1.18. The molecule has 10 nitrogen and oxygen atoms in total. The molecule has 0 aromatic carbocycles. The predicted molar refractivity (Wildman–Crippen MR) is 129 cm³/mol. The number of hydrogen-bond acceptors (Lipinski definition) is 8. The topological polar surface area (TPSA) is 166 Å². The molecule has 11 heteroatoms. The van der Waals surface area contributed by atoms with Crippen molar-refractivity contribution in [1.82, 2.24) is 21.3 Å². The summed E-state index contributed by atoms with van der Waals surface area (Å²) in [6.07, 6.45) is 7.68. The number of carboxylic acid groups (broad SMARTS) is 1. The third-order valence-electron chi connectivity index (χ3n) is 6.17. The fourth-order valence-corrected chi connectivity index (χ4v) is 5.80. The average molecular weight is 488 g/mol. The van der Waals surface area contributed by atoms with Crippen molar-refractivity contribution in [3.05, 3.63) is 0 Å². The number of nitrogens with two attached hydrogens (primary N) is 1. The molecule has 0 bridgehead atoms. The molecule has 2 rings (SSSR count). The standard InChI is InChI=1S/C22H41N5O5S/c23-15(21(30)31)8-5-7-13-25-18(28)10-2-1-6-12-24-19(29)11-4-3-9-17-20-16(14-33-17)26-22(32)27-20/h15-17,20,22,26-27,32H,1-14,23H2,(H,24,29)(H,25,28)(H,30,31)/t15?,16-,17?,20-,22?/m0/s1. The van der Waals surface area contributed by atoms with Crippen molar-refractivity contribution in [3.63, 3.8) is 0 Å². The van der Waals surface area contributed by atoms with Gasteiger partial charge in [-0.15, -0.1) is 0 Å². The first-order valence-electron chi connectivity index (χ1n) is 12.2. The summed E-state index contributed by atoms with van der Waals surface area (Å²) < 4.78 is 0. The lowest BCUT2D eigenvalue weighted by atomic mass is 10.0. The zero-order chi connectivity index (χ0) is 24.1. The molecule has 2 heterocycles. The molecular formula is C22H41N5O5S. The fraction of sp³-hybridized carbons (Fsp3) is 0.864. The Morgan fingerprint density at radius 1 is 0.939 bits per heavy atom. The van der Waals surface area contributed by atoms with Crippen molar-refractivity contribution in [3.8, 4) is 0 Å². The molecule has 2 aliphatic heterocycles. The second-order valence-electron chi connectivity index (χ2n) is 8.94. The van der Waals surface area contributed by atoms with E-state index in [1.165, 1.54) is 0 Å². The molecule has 2 aliphatic rings. The molecule has 33 heavy (non-hydrogen) atoms. The van der Waals surface area contributed by atoms with E-state index >= 15 is 0 Å². The van der Waals surface area contributed by atoms with E-state index in [2.05, 4.69) is 21.3 Å². The van der Waals surface area contributed by atoms with Crippen molar-refractivity contribution in [1.29, 1.82) is 0 Å². The van der Waals surface area contributed by atoms with Crippen LogP contribution >= 0.6 is 11.8 Å². The number of fused-ring (bicyclic) bond motifs is 1. The number of carbonyl (C=O) groups excluding carboxylic acids is 2. The number of unbranched alkanes of at least 4 members (excludes halogenated alkanes) is 4. The van der Waals surface area contributed by atoms with Gasteiger partial charge in [0.25, 0.3) is 0 Å². The lowest BCUT2D eigenvalue weighted by Gasteiger charge is -2.17. The molecule has 190 valence electrons. The predicted octanol–water partition coefficient (Wildman–Crippen LogP) is 0.243. The van der Waals surface area contributed by atoms with Gasteiger partial charge in [0.05, 0.1) is 0 Å². The summed E-state index contributed by atoms with van der Waals surface area (Å²) >= 11 is 1.94. The van der Waals surface area contributed by atoms with Gasteiger partial charge >= 0.3 is 5.97 Å². The summed E-state index contributed by atoms with van der Waals surface area (Å²) in [5.74, 6) is 0.119. The molecule has 0 aliphatic carbocycles. The zero-order valence-electron chi connectivity index (χ0n) is 19.4. The number of amides is 2. The lowest BCUT2D eigenvalue weighted by Crippen LogP contribution is -2.38. The van der Waals surface area contributed by atoms with E-state index in [9.17, 15) is 19.5 Å². The van der Waals surface area contributed by atoms with Gasteiger partial charge in [0.15, 0.2) is 6.35 Å². The Labute approximate surface area is 200 Å². The third kappa shape index (κ3) is 11.0. The number of nitrogens with one attached hydrogen (secondary N) is 4. The molecule has 0 saturated carbocycles. The number of aliphatic hydroxyl groups excluding tert-OH is 1. The van der Waals surface area contributed by atoms with Crippen molar-refractivity contribution < 1.29 is 24.6 Å². The second-order valence-corrected chi connectivity index (χ2v) is 10.2. The minimum atomic E-state index is -0.992. The molecule has 2 saturated heterocycles. The number of hydrogen-bond donors (Lipinski definition) is 7. The van der Waals surface area contributed by atoms with Crippen LogP contribution in [0, 0.1) is 0 Å². The number of rotatable bonds is 17.